The number of carbonyl (C=O) groups is 1. The van der Waals surface area contributed by atoms with Crippen LogP contribution in [0.5, 0.6) is 0 Å². The van der Waals surface area contributed by atoms with E-state index in [9.17, 15) is 14.9 Å². The van der Waals surface area contributed by atoms with E-state index in [1.807, 2.05) is 0 Å². The first-order valence-electron chi connectivity index (χ1n) is 5.39. The maximum atomic E-state index is 11.8. The molecular formula is C12H16N2O4. The fourth-order valence-corrected chi connectivity index (χ4v) is 1.37. The van der Waals surface area contributed by atoms with Crippen molar-refractivity contribution in [3.05, 3.63) is 33.4 Å². The zero-order valence-corrected chi connectivity index (χ0v) is 10.8. The quantitative estimate of drug-likeness (QED) is 0.377. The van der Waals surface area contributed by atoms with E-state index in [-0.39, 0.29) is 16.9 Å². The van der Waals surface area contributed by atoms with Crippen LogP contribution < -0.4 is 5.73 Å². The summed E-state index contributed by atoms with van der Waals surface area (Å²) in [5, 5.41) is 10.8. The molecule has 0 aliphatic heterocycles. The molecule has 0 atom stereocenters. The van der Waals surface area contributed by atoms with Gasteiger partial charge in [0.15, 0.2) is 0 Å². The zero-order chi connectivity index (χ0) is 14.1. The molecule has 98 valence electrons. The van der Waals surface area contributed by atoms with Gasteiger partial charge >= 0.3 is 5.97 Å². The van der Waals surface area contributed by atoms with Crippen LogP contribution in [0.3, 0.4) is 0 Å². The number of esters is 1. The normalized spacial score (nSPS) is 11.1. The van der Waals surface area contributed by atoms with Gasteiger partial charge in [-0.05, 0) is 33.8 Å². The third-order valence-electron chi connectivity index (χ3n) is 2.25. The van der Waals surface area contributed by atoms with Crippen molar-refractivity contribution < 1.29 is 14.5 Å². The predicted octanol–water partition coefficient (Wildman–Crippen LogP) is 2.44. The molecule has 0 unspecified atom stereocenters. The van der Waals surface area contributed by atoms with Gasteiger partial charge in [0.25, 0.3) is 5.69 Å². The Hall–Kier alpha value is -2.11. The third-order valence-corrected chi connectivity index (χ3v) is 2.25. The first-order chi connectivity index (χ1) is 8.11. The molecule has 2 N–H and O–H groups in total. The Kier molecular flexibility index (Phi) is 3.59. The minimum atomic E-state index is -0.661. The molecule has 1 aromatic rings. The number of hydrogen-bond donors (Lipinski definition) is 1. The highest BCUT2D eigenvalue weighted by atomic mass is 16.6. The van der Waals surface area contributed by atoms with E-state index in [2.05, 4.69) is 0 Å². The van der Waals surface area contributed by atoms with E-state index < -0.39 is 16.5 Å². The molecule has 0 fully saturated rings. The molecule has 0 heterocycles. The van der Waals surface area contributed by atoms with Crippen LogP contribution in [-0.4, -0.2) is 16.5 Å². The van der Waals surface area contributed by atoms with Crippen LogP contribution >= 0.6 is 0 Å². The lowest BCUT2D eigenvalue weighted by molar-refractivity contribution is -0.385. The maximum Gasteiger partial charge on any atom is 0.338 e. The summed E-state index contributed by atoms with van der Waals surface area (Å²) >= 11 is 0. The number of hydrogen-bond acceptors (Lipinski definition) is 5. The van der Waals surface area contributed by atoms with Gasteiger partial charge in [0.2, 0.25) is 0 Å². The van der Waals surface area contributed by atoms with Crippen molar-refractivity contribution in [1.82, 2.24) is 0 Å². The first-order valence-corrected chi connectivity index (χ1v) is 5.39. The van der Waals surface area contributed by atoms with Crippen LogP contribution in [0.1, 0.15) is 36.7 Å². The molecule has 1 rings (SSSR count). The van der Waals surface area contributed by atoms with Gasteiger partial charge in [-0.25, -0.2) is 4.79 Å². The van der Waals surface area contributed by atoms with Crippen molar-refractivity contribution in [1.29, 1.82) is 0 Å². The van der Waals surface area contributed by atoms with Gasteiger partial charge in [0.1, 0.15) is 5.60 Å². The van der Waals surface area contributed by atoms with Gasteiger partial charge in [0, 0.05) is 17.3 Å². The van der Waals surface area contributed by atoms with Gasteiger partial charge in [-0.15, -0.1) is 0 Å². The van der Waals surface area contributed by atoms with Crippen LogP contribution in [0.15, 0.2) is 12.1 Å². The summed E-state index contributed by atoms with van der Waals surface area (Å²) in [5.74, 6) is -0.627. The van der Waals surface area contributed by atoms with E-state index in [1.165, 1.54) is 19.1 Å². The second-order valence-electron chi connectivity index (χ2n) is 4.97. The second kappa shape index (κ2) is 4.64. The smallest absolute Gasteiger partial charge is 0.338 e. The fourth-order valence-electron chi connectivity index (χ4n) is 1.37. The van der Waals surface area contributed by atoms with Crippen molar-refractivity contribution in [2.75, 3.05) is 5.73 Å². The molecule has 0 aliphatic carbocycles. The standard InChI is InChI=1S/C12H16N2O4/c1-7-9(13)5-8(6-10(7)14(16)17)11(15)18-12(2,3)4/h5-6H,13H2,1-4H3. The average molecular weight is 252 g/mol. The lowest BCUT2D eigenvalue weighted by Gasteiger charge is -2.19. The van der Waals surface area contributed by atoms with Crippen LogP contribution in [0.25, 0.3) is 0 Å². The Morgan fingerprint density at radius 3 is 2.39 bits per heavy atom. The highest BCUT2D eigenvalue weighted by Gasteiger charge is 2.22. The number of rotatable bonds is 2. The van der Waals surface area contributed by atoms with Crippen LogP contribution in [0, 0.1) is 17.0 Å². The number of ether oxygens (including phenoxy) is 1. The number of carbonyl (C=O) groups excluding carboxylic acids is 1. The highest BCUT2D eigenvalue weighted by molar-refractivity contribution is 5.92. The highest BCUT2D eigenvalue weighted by Crippen LogP contribution is 2.26. The van der Waals surface area contributed by atoms with Gasteiger partial charge in [0.05, 0.1) is 10.5 Å². The van der Waals surface area contributed by atoms with Crippen LogP contribution in [0.4, 0.5) is 11.4 Å². The molecule has 0 saturated carbocycles. The number of anilines is 1. The van der Waals surface area contributed by atoms with Crippen LogP contribution in [-0.2, 0) is 4.74 Å². The van der Waals surface area contributed by atoms with Gasteiger partial charge in [-0.3, -0.25) is 10.1 Å². The molecule has 0 spiro atoms. The number of nitro benzene ring substituents is 1. The first kappa shape index (κ1) is 14.0. The topological polar surface area (TPSA) is 95.5 Å². The monoisotopic (exact) mass is 252 g/mol. The SMILES string of the molecule is Cc1c(N)cc(C(=O)OC(C)(C)C)cc1[N+](=O)[O-]. The summed E-state index contributed by atoms with van der Waals surface area (Å²) in [6.45, 7) is 6.69. The molecule has 6 nitrogen and oxygen atoms in total. The zero-order valence-electron chi connectivity index (χ0n) is 10.8. The van der Waals surface area contributed by atoms with E-state index in [4.69, 9.17) is 10.5 Å². The second-order valence-corrected chi connectivity index (χ2v) is 4.97. The van der Waals surface area contributed by atoms with Crippen molar-refractivity contribution in [3.63, 3.8) is 0 Å². The summed E-state index contributed by atoms with van der Waals surface area (Å²) in [5.41, 5.74) is 5.43. The predicted molar refractivity (Wildman–Crippen MR) is 67.4 cm³/mol. The lowest BCUT2D eigenvalue weighted by atomic mass is 10.1. The molecule has 6 heteroatoms. The van der Waals surface area contributed by atoms with E-state index in [0.717, 1.165) is 0 Å². The molecular weight excluding hydrogens is 236 g/mol. The van der Waals surface area contributed by atoms with Gasteiger partial charge in [-0.2, -0.15) is 0 Å². The Morgan fingerprint density at radius 1 is 1.39 bits per heavy atom. The maximum absolute atomic E-state index is 11.8. The Bertz CT molecular complexity index is 504. The van der Waals surface area contributed by atoms with Crippen LogP contribution in [0.2, 0.25) is 0 Å². The summed E-state index contributed by atoms with van der Waals surface area (Å²) in [7, 11) is 0. The number of nitrogens with zero attached hydrogens (tertiary/aromatic N) is 1. The minimum absolute atomic E-state index is 0.0831. The molecule has 0 radical (unpaired) electrons. The Labute approximate surface area is 105 Å². The minimum Gasteiger partial charge on any atom is -0.456 e. The summed E-state index contributed by atoms with van der Waals surface area (Å²) in [6.07, 6.45) is 0. The number of benzene rings is 1. The Morgan fingerprint density at radius 2 is 1.94 bits per heavy atom. The number of nitro groups is 1. The summed E-state index contributed by atoms with van der Waals surface area (Å²) in [6, 6.07) is 2.57. The molecule has 18 heavy (non-hydrogen) atoms. The van der Waals surface area contributed by atoms with E-state index >= 15 is 0 Å². The van der Waals surface area contributed by atoms with E-state index in [1.54, 1.807) is 20.8 Å². The van der Waals surface area contributed by atoms with Crippen molar-refractivity contribution >= 4 is 17.3 Å². The Balaban J connectivity index is 3.19. The molecule has 0 bridgehead atoms. The number of nitrogen functional groups attached to an aromatic ring is 1. The molecule has 0 saturated heterocycles. The van der Waals surface area contributed by atoms with E-state index in [0.29, 0.717) is 5.56 Å². The molecule has 0 aliphatic rings. The molecule has 0 amide bonds. The van der Waals surface area contributed by atoms with Crippen molar-refractivity contribution in [3.8, 4) is 0 Å². The summed E-state index contributed by atoms with van der Waals surface area (Å²) in [4.78, 5) is 22.1. The number of nitrogens with two attached hydrogens (primary N) is 1. The third kappa shape index (κ3) is 3.19. The average Bonchev–Trinajstić information content (AvgIpc) is 2.18. The largest absolute Gasteiger partial charge is 0.456 e. The van der Waals surface area contributed by atoms with Crippen molar-refractivity contribution in [2.45, 2.75) is 33.3 Å². The van der Waals surface area contributed by atoms with Gasteiger partial charge in [-0.1, -0.05) is 0 Å². The van der Waals surface area contributed by atoms with Gasteiger partial charge < -0.3 is 10.5 Å². The lowest BCUT2D eigenvalue weighted by Crippen LogP contribution is -2.24. The fraction of sp³-hybridized carbons (Fsp3) is 0.417. The summed E-state index contributed by atoms with van der Waals surface area (Å²) < 4.78 is 5.14. The molecule has 1 aromatic carbocycles. The molecule has 0 aromatic heterocycles. The van der Waals surface area contributed by atoms with Crippen molar-refractivity contribution in [2.24, 2.45) is 0 Å².